The van der Waals surface area contributed by atoms with Crippen molar-refractivity contribution in [3.8, 4) is 0 Å². The molecule has 0 aliphatic carbocycles. The number of carbonyl (C=O) groups excluding carboxylic acids is 1. The molecule has 1 heterocycles. The van der Waals surface area contributed by atoms with E-state index in [1.54, 1.807) is 7.05 Å². The molecule has 0 fully saturated rings. The first-order valence-electron chi connectivity index (χ1n) is 6.49. The van der Waals surface area contributed by atoms with E-state index in [1.807, 2.05) is 29.7 Å². The first kappa shape index (κ1) is 15.5. The molecule has 1 aromatic heterocycles. The molecule has 7 heteroatoms. The molecule has 1 aromatic carbocycles. The maximum Gasteiger partial charge on any atom is 0.256 e. The largest absolute Gasteiger partial charge is 0.302 e. The van der Waals surface area contributed by atoms with Gasteiger partial charge < -0.3 is 4.57 Å². The average molecular weight is 306 g/mol. The van der Waals surface area contributed by atoms with Gasteiger partial charge in [0.15, 0.2) is 5.16 Å². The lowest BCUT2D eigenvalue weighted by Gasteiger charge is -2.13. The fourth-order valence-corrected chi connectivity index (χ4v) is 2.62. The normalized spacial score (nSPS) is 10.6. The van der Waals surface area contributed by atoms with Gasteiger partial charge in [0.05, 0.1) is 19.4 Å². The van der Waals surface area contributed by atoms with Crippen LogP contribution >= 0.6 is 11.8 Å². The Hall–Kier alpha value is -1.86. The van der Waals surface area contributed by atoms with E-state index in [1.165, 1.54) is 29.5 Å². The summed E-state index contributed by atoms with van der Waals surface area (Å²) in [5.74, 6) is 0.973. The summed E-state index contributed by atoms with van der Waals surface area (Å²) in [6.45, 7) is 2.60. The van der Waals surface area contributed by atoms with Crippen molar-refractivity contribution >= 4 is 17.7 Å². The number of hydrogen-bond acceptors (Lipinski definition) is 5. The maximum absolute atomic E-state index is 11.7. The highest BCUT2D eigenvalue weighted by Crippen LogP contribution is 2.18. The third-order valence-electron chi connectivity index (χ3n) is 3.04. The molecule has 0 atom stereocenters. The molecule has 2 aromatic rings. The van der Waals surface area contributed by atoms with Crippen LogP contribution in [0.25, 0.3) is 0 Å². The van der Waals surface area contributed by atoms with E-state index < -0.39 is 0 Å². The average Bonchev–Trinajstić information content (AvgIpc) is 2.85. The molecule has 0 aliphatic heterocycles. The Balaban J connectivity index is 2.06. The zero-order valence-electron chi connectivity index (χ0n) is 12.3. The highest BCUT2D eigenvalue weighted by molar-refractivity contribution is 7.99. The zero-order valence-corrected chi connectivity index (χ0v) is 13.1. The van der Waals surface area contributed by atoms with Gasteiger partial charge in [-0.05, 0) is 12.5 Å². The number of hydrogen-bond donors (Lipinski definition) is 0. The van der Waals surface area contributed by atoms with Crippen LogP contribution < -0.4 is 0 Å². The molecule has 6 nitrogen and oxygen atoms in total. The molecule has 1 amide bonds. The van der Waals surface area contributed by atoms with Crippen LogP contribution in [0.2, 0.25) is 0 Å². The SMILES string of the molecule is CON(C)C(=O)CSc1nnc(C)n1Cc1ccccc1. The van der Waals surface area contributed by atoms with Gasteiger partial charge in [-0.1, -0.05) is 42.1 Å². The van der Waals surface area contributed by atoms with E-state index in [9.17, 15) is 4.79 Å². The van der Waals surface area contributed by atoms with Crippen LogP contribution in [0.3, 0.4) is 0 Å². The van der Waals surface area contributed by atoms with Gasteiger partial charge in [-0.2, -0.15) is 0 Å². The van der Waals surface area contributed by atoms with Crippen LogP contribution in [0.4, 0.5) is 0 Å². The van der Waals surface area contributed by atoms with E-state index in [0.717, 1.165) is 11.0 Å². The predicted octanol–water partition coefficient (Wildman–Crippen LogP) is 1.75. The number of aromatic nitrogens is 3. The van der Waals surface area contributed by atoms with E-state index in [2.05, 4.69) is 22.3 Å². The van der Waals surface area contributed by atoms with Crippen molar-refractivity contribution in [2.75, 3.05) is 19.9 Å². The van der Waals surface area contributed by atoms with Crippen molar-refractivity contribution in [2.45, 2.75) is 18.6 Å². The van der Waals surface area contributed by atoms with E-state index in [-0.39, 0.29) is 11.7 Å². The first-order chi connectivity index (χ1) is 10.1. The summed E-state index contributed by atoms with van der Waals surface area (Å²) < 4.78 is 2.00. The monoisotopic (exact) mass is 306 g/mol. The Morgan fingerprint density at radius 3 is 2.71 bits per heavy atom. The van der Waals surface area contributed by atoms with Crippen molar-refractivity contribution in [2.24, 2.45) is 0 Å². The number of nitrogens with zero attached hydrogens (tertiary/aromatic N) is 4. The summed E-state index contributed by atoms with van der Waals surface area (Å²) in [6, 6.07) is 10.1. The minimum absolute atomic E-state index is 0.116. The molecule has 0 bridgehead atoms. The minimum Gasteiger partial charge on any atom is -0.302 e. The van der Waals surface area contributed by atoms with Gasteiger partial charge >= 0.3 is 0 Å². The lowest BCUT2D eigenvalue weighted by molar-refractivity contribution is -0.165. The van der Waals surface area contributed by atoms with Crippen molar-refractivity contribution in [1.82, 2.24) is 19.8 Å². The Morgan fingerprint density at radius 2 is 2.05 bits per heavy atom. The Labute approximate surface area is 128 Å². The molecule has 0 saturated heterocycles. The third kappa shape index (κ3) is 4.05. The molecule has 2 rings (SSSR count). The van der Waals surface area contributed by atoms with Crippen LogP contribution in [0.5, 0.6) is 0 Å². The molecule has 21 heavy (non-hydrogen) atoms. The second-order valence-electron chi connectivity index (χ2n) is 4.46. The van der Waals surface area contributed by atoms with E-state index in [0.29, 0.717) is 6.54 Å². The van der Waals surface area contributed by atoms with Crippen LogP contribution in [0.15, 0.2) is 35.5 Å². The molecule has 0 aliphatic rings. The van der Waals surface area contributed by atoms with E-state index >= 15 is 0 Å². The molecule has 0 saturated carbocycles. The van der Waals surface area contributed by atoms with Crippen molar-refractivity contribution in [3.05, 3.63) is 41.7 Å². The summed E-state index contributed by atoms with van der Waals surface area (Å²) in [7, 11) is 3.05. The van der Waals surface area contributed by atoms with Gasteiger partial charge in [-0.25, -0.2) is 5.06 Å². The molecular weight excluding hydrogens is 288 g/mol. The molecule has 0 N–H and O–H groups in total. The molecule has 112 valence electrons. The van der Waals surface area contributed by atoms with Gasteiger partial charge in [0.25, 0.3) is 5.91 Å². The summed E-state index contributed by atoms with van der Waals surface area (Å²) in [5, 5.41) is 10.2. The lowest BCUT2D eigenvalue weighted by atomic mass is 10.2. The van der Waals surface area contributed by atoms with Gasteiger partial charge in [0.2, 0.25) is 0 Å². The summed E-state index contributed by atoms with van der Waals surface area (Å²) in [5.41, 5.74) is 1.17. The second kappa shape index (κ2) is 7.24. The van der Waals surface area contributed by atoms with Crippen molar-refractivity contribution in [1.29, 1.82) is 0 Å². The molecule has 0 spiro atoms. The Bertz CT molecular complexity index is 600. The number of benzene rings is 1. The van der Waals surface area contributed by atoms with Crippen LogP contribution in [0.1, 0.15) is 11.4 Å². The number of amides is 1. The van der Waals surface area contributed by atoms with Crippen molar-refractivity contribution < 1.29 is 9.63 Å². The quantitative estimate of drug-likeness (QED) is 0.601. The fourth-order valence-electron chi connectivity index (χ4n) is 1.74. The summed E-state index contributed by atoms with van der Waals surface area (Å²) in [4.78, 5) is 16.6. The summed E-state index contributed by atoms with van der Waals surface area (Å²) >= 11 is 1.36. The highest BCUT2D eigenvalue weighted by Gasteiger charge is 2.14. The minimum atomic E-state index is -0.116. The van der Waals surface area contributed by atoms with Crippen LogP contribution in [-0.4, -0.2) is 45.6 Å². The number of hydroxylamine groups is 2. The smallest absolute Gasteiger partial charge is 0.256 e. The number of aryl methyl sites for hydroxylation is 1. The number of rotatable bonds is 6. The third-order valence-corrected chi connectivity index (χ3v) is 3.99. The van der Waals surface area contributed by atoms with Gasteiger partial charge in [-0.3, -0.25) is 9.63 Å². The number of carbonyl (C=O) groups is 1. The number of thioether (sulfide) groups is 1. The Morgan fingerprint density at radius 1 is 1.33 bits per heavy atom. The molecule has 0 radical (unpaired) electrons. The second-order valence-corrected chi connectivity index (χ2v) is 5.41. The maximum atomic E-state index is 11.7. The fraction of sp³-hybridized carbons (Fsp3) is 0.357. The molecular formula is C14H18N4O2S. The van der Waals surface area contributed by atoms with Gasteiger partial charge in [0.1, 0.15) is 5.82 Å². The van der Waals surface area contributed by atoms with E-state index in [4.69, 9.17) is 4.84 Å². The first-order valence-corrected chi connectivity index (χ1v) is 7.47. The van der Waals surface area contributed by atoms with Crippen LogP contribution in [0, 0.1) is 6.92 Å². The van der Waals surface area contributed by atoms with Gasteiger partial charge in [-0.15, -0.1) is 10.2 Å². The topological polar surface area (TPSA) is 60.2 Å². The summed E-state index contributed by atoms with van der Waals surface area (Å²) in [6.07, 6.45) is 0. The highest BCUT2D eigenvalue weighted by atomic mass is 32.2. The molecule has 0 unspecified atom stereocenters. The van der Waals surface area contributed by atoms with Gasteiger partial charge in [0, 0.05) is 7.05 Å². The Kier molecular flexibility index (Phi) is 5.35. The van der Waals surface area contributed by atoms with Crippen LogP contribution in [-0.2, 0) is 16.2 Å². The predicted molar refractivity (Wildman–Crippen MR) is 80.8 cm³/mol. The lowest BCUT2D eigenvalue weighted by Crippen LogP contribution is -2.27. The van der Waals surface area contributed by atoms with Crippen molar-refractivity contribution in [3.63, 3.8) is 0 Å². The standard InChI is InChI=1S/C14H18N4O2S/c1-11-15-16-14(21-10-13(19)17(2)20-3)18(11)9-12-7-5-4-6-8-12/h4-8H,9-10H2,1-3H3. The zero-order chi connectivity index (χ0) is 15.2.